The highest BCUT2D eigenvalue weighted by Gasteiger charge is 2.28. The molecule has 0 aromatic heterocycles. The van der Waals surface area contributed by atoms with Gasteiger partial charge in [-0.05, 0) is 55.8 Å². The molecule has 28 heavy (non-hydrogen) atoms. The molecule has 150 valence electrons. The lowest BCUT2D eigenvalue weighted by molar-refractivity contribution is -0.124. The standard InChI is InChI=1S/C23H30N2O3/c1-5-27-20-10-12-21(13-11-20)28-22-14-25(15-22)19-8-6-18(7-9-19)17(4)24-23(26)16(2)3/h6-13,16-17,22H,5,14-15H2,1-4H3,(H,24,26)/t17-/m0/s1. The fourth-order valence-electron chi connectivity index (χ4n) is 3.13. The molecule has 2 aromatic carbocycles. The first kappa shape index (κ1) is 20.1. The van der Waals surface area contributed by atoms with Crippen molar-refractivity contribution in [2.75, 3.05) is 24.6 Å². The molecule has 1 fully saturated rings. The number of nitrogens with one attached hydrogen (secondary N) is 1. The van der Waals surface area contributed by atoms with Crippen LogP contribution in [0.25, 0.3) is 0 Å². The average Bonchev–Trinajstić information content (AvgIpc) is 2.66. The molecule has 1 heterocycles. The molecule has 0 bridgehead atoms. The minimum atomic E-state index is -0.00452. The lowest BCUT2D eigenvalue weighted by Crippen LogP contribution is -2.54. The van der Waals surface area contributed by atoms with E-state index < -0.39 is 0 Å². The van der Waals surface area contributed by atoms with Gasteiger partial charge in [-0.3, -0.25) is 4.79 Å². The van der Waals surface area contributed by atoms with Gasteiger partial charge in [0.15, 0.2) is 0 Å². The molecule has 1 aliphatic heterocycles. The molecule has 0 spiro atoms. The van der Waals surface area contributed by atoms with Crippen molar-refractivity contribution in [3.8, 4) is 11.5 Å². The van der Waals surface area contributed by atoms with Gasteiger partial charge in [0, 0.05) is 11.6 Å². The quantitative estimate of drug-likeness (QED) is 0.744. The van der Waals surface area contributed by atoms with Gasteiger partial charge in [0.2, 0.25) is 5.91 Å². The molecule has 5 heteroatoms. The van der Waals surface area contributed by atoms with Gasteiger partial charge >= 0.3 is 0 Å². The van der Waals surface area contributed by atoms with Crippen LogP contribution in [0.3, 0.4) is 0 Å². The van der Waals surface area contributed by atoms with Gasteiger partial charge in [-0.1, -0.05) is 26.0 Å². The third-order valence-electron chi connectivity index (χ3n) is 4.93. The van der Waals surface area contributed by atoms with E-state index in [4.69, 9.17) is 9.47 Å². The molecular formula is C23H30N2O3. The minimum absolute atomic E-state index is 0.00452. The van der Waals surface area contributed by atoms with Crippen molar-refractivity contribution in [3.05, 3.63) is 54.1 Å². The molecule has 0 saturated carbocycles. The van der Waals surface area contributed by atoms with E-state index in [-0.39, 0.29) is 24.0 Å². The third-order valence-corrected chi connectivity index (χ3v) is 4.93. The van der Waals surface area contributed by atoms with Crippen molar-refractivity contribution in [1.29, 1.82) is 0 Å². The number of hydrogen-bond donors (Lipinski definition) is 1. The molecule has 1 saturated heterocycles. The molecule has 0 radical (unpaired) electrons. The van der Waals surface area contributed by atoms with Gasteiger partial charge in [-0.25, -0.2) is 0 Å². The smallest absolute Gasteiger partial charge is 0.223 e. The van der Waals surface area contributed by atoms with Crippen molar-refractivity contribution in [2.45, 2.75) is 39.8 Å². The average molecular weight is 383 g/mol. The summed E-state index contributed by atoms with van der Waals surface area (Å²) in [7, 11) is 0. The molecule has 0 aliphatic carbocycles. The Kier molecular flexibility index (Phi) is 6.45. The Morgan fingerprint density at radius 3 is 2.21 bits per heavy atom. The first-order valence-electron chi connectivity index (χ1n) is 10.0. The van der Waals surface area contributed by atoms with Crippen molar-refractivity contribution in [2.24, 2.45) is 5.92 Å². The normalized spacial score (nSPS) is 15.1. The van der Waals surface area contributed by atoms with Gasteiger partial charge in [-0.2, -0.15) is 0 Å². The van der Waals surface area contributed by atoms with Gasteiger partial charge in [0.1, 0.15) is 17.6 Å². The van der Waals surface area contributed by atoms with Gasteiger partial charge in [0.25, 0.3) is 0 Å². The van der Waals surface area contributed by atoms with E-state index in [9.17, 15) is 4.79 Å². The summed E-state index contributed by atoms with van der Waals surface area (Å²) in [5.41, 5.74) is 2.29. The van der Waals surface area contributed by atoms with Crippen LogP contribution in [-0.4, -0.2) is 31.7 Å². The van der Waals surface area contributed by atoms with Crippen molar-refractivity contribution in [3.63, 3.8) is 0 Å². The second-order valence-electron chi connectivity index (χ2n) is 7.53. The molecular weight excluding hydrogens is 352 g/mol. The number of carbonyl (C=O) groups excluding carboxylic acids is 1. The van der Waals surface area contributed by atoms with Crippen molar-refractivity contribution < 1.29 is 14.3 Å². The van der Waals surface area contributed by atoms with E-state index in [1.54, 1.807) is 0 Å². The summed E-state index contributed by atoms with van der Waals surface area (Å²) in [6, 6.07) is 16.2. The Hall–Kier alpha value is -2.69. The van der Waals surface area contributed by atoms with E-state index in [1.165, 1.54) is 5.69 Å². The van der Waals surface area contributed by atoms with E-state index in [2.05, 4.69) is 34.5 Å². The lowest BCUT2D eigenvalue weighted by atomic mass is 10.0. The van der Waals surface area contributed by atoms with Gasteiger partial charge in [-0.15, -0.1) is 0 Å². The number of hydrogen-bond acceptors (Lipinski definition) is 4. The van der Waals surface area contributed by atoms with Crippen LogP contribution in [-0.2, 0) is 4.79 Å². The van der Waals surface area contributed by atoms with Crippen LogP contribution in [0.5, 0.6) is 11.5 Å². The Morgan fingerprint density at radius 1 is 1.04 bits per heavy atom. The van der Waals surface area contributed by atoms with E-state index in [0.29, 0.717) is 6.61 Å². The highest BCUT2D eigenvalue weighted by molar-refractivity contribution is 5.78. The van der Waals surface area contributed by atoms with Crippen LogP contribution in [0.4, 0.5) is 5.69 Å². The maximum Gasteiger partial charge on any atom is 0.223 e. The fourth-order valence-corrected chi connectivity index (χ4v) is 3.13. The molecule has 5 nitrogen and oxygen atoms in total. The molecule has 3 rings (SSSR count). The van der Waals surface area contributed by atoms with E-state index in [1.807, 2.05) is 52.0 Å². The van der Waals surface area contributed by atoms with E-state index >= 15 is 0 Å². The number of rotatable bonds is 8. The minimum Gasteiger partial charge on any atom is -0.494 e. The summed E-state index contributed by atoms with van der Waals surface area (Å²) in [6.07, 6.45) is 0.196. The zero-order valence-corrected chi connectivity index (χ0v) is 17.1. The van der Waals surface area contributed by atoms with Gasteiger partial charge < -0.3 is 19.7 Å². The van der Waals surface area contributed by atoms with Crippen LogP contribution in [0.1, 0.15) is 39.3 Å². The van der Waals surface area contributed by atoms with E-state index in [0.717, 1.165) is 30.2 Å². The third kappa shape index (κ3) is 4.97. The highest BCUT2D eigenvalue weighted by Crippen LogP contribution is 2.26. The Labute approximate surface area is 167 Å². The lowest BCUT2D eigenvalue weighted by Gasteiger charge is -2.40. The monoisotopic (exact) mass is 382 g/mol. The maximum absolute atomic E-state index is 11.9. The second kappa shape index (κ2) is 9.00. The number of ether oxygens (including phenoxy) is 2. The van der Waals surface area contributed by atoms with Crippen LogP contribution in [0, 0.1) is 5.92 Å². The Bertz CT molecular complexity index is 765. The molecule has 1 amide bonds. The zero-order chi connectivity index (χ0) is 20.1. The SMILES string of the molecule is CCOc1ccc(OC2CN(c3ccc([C@H](C)NC(=O)C(C)C)cc3)C2)cc1. The van der Waals surface area contributed by atoms with Crippen molar-refractivity contribution >= 4 is 11.6 Å². The summed E-state index contributed by atoms with van der Waals surface area (Å²) in [5.74, 6) is 1.81. The Morgan fingerprint density at radius 2 is 1.64 bits per heavy atom. The fraction of sp³-hybridized carbons (Fsp3) is 0.435. The molecule has 1 aliphatic rings. The van der Waals surface area contributed by atoms with Crippen LogP contribution < -0.4 is 19.7 Å². The number of benzene rings is 2. The first-order valence-corrected chi connectivity index (χ1v) is 10.0. The zero-order valence-electron chi connectivity index (χ0n) is 17.1. The highest BCUT2D eigenvalue weighted by atomic mass is 16.5. The van der Waals surface area contributed by atoms with Crippen LogP contribution >= 0.6 is 0 Å². The summed E-state index contributed by atoms with van der Waals surface area (Å²) in [6.45, 7) is 10.2. The molecule has 2 aromatic rings. The Balaban J connectivity index is 1.48. The topological polar surface area (TPSA) is 50.8 Å². The summed E-state index contributed by atoms with van der Waals surface area (Å²) in [4.78, 5) is 14.1. The second-order valence-corrected chi connectivity index (χ2v) is 7.53. The molecule has 0 unspecified atom stereocenters. The van der Waals surface area contributed by atoms with Crippen LogP contribution in [0.2, 0.25) is 0 Å². The van der Waals surface area contributed by atoms with Crippen molar-refractivity contribution in [1.82, 2.24) is 5.32 Å². The number of carbonyl (C=O) groups is 1. The largest absolute Gasteiger partial charge is 0.494 e. The first-order chi connectivity index (χ1) is 13.5. The summed E-state index contributed by atoms with van der Waals surface area (Å²) in [5, 5.41) is 3.04. The summed E-state index contributed by atoms with van der Waals surface area (Å²) >= 11 is 0. The number of anilines is 1. The molecule has 1 N–H and O–H groups in total. The maximum atomic E-state index is 11.9. The predicted molar refractivity (Wildman–Crippen MR) is 112 cm³/mol. The van der Waals surface area contributed by atoms with Crippen LogP contribution in [0.15, 0.2) is 48.5 Å². The van der Waals surface area contributed by atoms with Gasteiger partial charge in [0.05, 0.1) is 25.7 Å². The molecule has 1 atom stereocenters. The summed E-state index contributed by atoms with van der Waals surface area (Å²) < 4.78 is 11.5. The number of nitrogens with zero attached hydrogens (tertiary/aromatic N) is 1. The number of amides is 1. The predicted octanol–water partition coefficient (Wildman–Crippen LogP) is 4.19.